The second kappa shape index (κ2) is 13.0. The Morgan fingerprint density at radius 3 is 1.90 bits per heavy atom. The molecule has 0 aliphatic carbocycles. The quantitative estimate of drug-likeness (QED) is 0.127. The Kier molecular flexibility index (Phi) is 8.96. The third-order valence-corrected chi connectivity index (χ3v) is 8.34. The molecule has 1 heterocycles. The van der Waals surface area contributed by atoms with E-state index in [4.69, 9.17) is 0 Å². The van der Waals surface area contributed by atoms with Crippen LogP contribution in [0.5, 0.6) is 5.75 Å². The predicted molar refractivity (Wildman–Crippen MR) is 162 cm³/mol. The van der Waals surface area contributed by atoms with Gasteiger partial charge in [-0.15, -0.1) is 0 Å². The molecule has 204 valence electrons. The molecule has 1 aliphatic rings. The predicted octanol–water partition coefficient (Wildman–Crippen LogP) is 5.63. The number of nitrogens with zero attached hydrogens (tertiary/aromatic N) is 1. The van der Waals surface area contributed by atoms with Gasteiger partial charge in [-0.1, -0.05) is 103 Å². The summed E-state index contributed by atoms with van der Waals surface area (Å²) < 4.78 is 0. The number of phenolic OH excluding ortho intramolecular Hbond substituents is 1. The molecule has 1 saturated heterocycles. The number of hydrogen-bond acceptors (Lipinski definition) is 6. The van der Waals surface area contributed by atoms with E-state index >= 15 is 0 Å². The van der Waals surface area contributed by atoms with Gasteiger partial charge in [0.1, 0.15) is 5.75 Å². The molecule has 0 saturated carbocycles. The maximum atomic E-state index is 13.4. The summed E-state index contributed by atoms with van der Waals surface area (Å²) in [5, 5.41) is 16.2. The zero-order valence-electron chi connectivity index (χ0n) is 22.1. The summed E-state index contributed by atoms with van der Waals surface area (Å²) in [6, 6.07) is 37.1. The highest BCUT2D eigenvalue weighted by Gasteiger charge is 2.40. The second-order valence-electron chi connectivity index (χ2n) is 9.85. The number of amides is 1. The lowest BCUT2D eigenvalue weighted by atomic mass is 9.77. The van der Waals surface area contributed by atoms with Gasteiger partial charge in [0, 0.05) is 18.8 Å². The van der Waals surface area contributed by atoms with Crippen molar-refractivity contribution in [3.63, 3.8) is 0 Å². The Morgan fingerprint density at radius 1 is 0.875 bits per heavy atom. The molecule has 1 amide bonds. The zero-order valence-corrected chi connectivity index (χ0v) is 23.0. The highest BCUT2D eigenvalue weighted by atomic mass is 32.2. The molecule has 5 rings (SSSR count). The monoisotopic (exact) mass is 551 g/mol. The number of carbonyl (C=O) groups is 2. The molecule has 6 nitrogen and oxygen atoms in total. The Labute approximate surface area is 239 Å². The van der Waals surface area contributed by atoms with Gasteiger partial charge in [0.2, 0.25) is 5.91 Å². The van der Waals surface area contributed by atoms with E-state index in [1.807, 2.05) is 54.6 Å². The van der Waals surface area contributed by atoms with Crippen LogP contribution in [-0.2, 0) is 15.1 Å². The van der Waals surface area contributed by atoms with E-state index in [-0.39, 0.29) is 23.1 Å². The molecular weight excluding hydrogens is 518 g/mol. The first-order valence-corrected chi connectivity index (χ1v) is 14.4. The SMILES string of the molecule is O=CSC(CNC(c1ccccc1)(c1ccccc1)c1ccccc1)N1CCC[C@H]1C(=O)Nc1ccc(O)cc1. The minimum absolute atomic E-state index is 0.111. The third kappa shape index (κ3) is 5.97. The summed E-state index contributed by atoms with van der Waals surface area (Å²) in [7, 11) is 0. The lowest BCUT2D eigenvalue weighted by Crippen LogP contribution is -2.53. The Morgan fingerprint density at radius 2 is 1.40 bits per heavy atom. The Hall–Kier alpha value is -3.91. The highest BCUT2D eigenvalue weighted by Crippen LogP contribution is 2.37. The first-order chi connectivity index (χ1) is 19.6. The van der Waals surface area contributed by atoms with Crippen LogP contribution in [0.1, 0.15) is 29.5 Å². The van der Waals surface area contributed by atoms with Crippen molar-refractivity contribution in [2.45, 2.75) is 29.8 Å². The minimum Gasteiger partial charge on any atom is -0.508 e. The van der Waals surface area contributed by atoms with Crippen molar-refractivity contribution in [1.29, 1.82) is 0 Å². The summed E-state index contributed by atoms with van der Waals surface area (Å²) in [5.74, 6) is 0.0351. The third-order valence-electron chi connectivity index (χ3n) is 7.48. The van der Waals surface area contributed by atoms with Gasteiger partial charge in [-0.2, -0.15) is 0 Å². The number of thioether (sulfide) groups is 1. The number of carbonyl (C=O) groups excluding carboxylic acids is 2. The summed E-state index contributed by atoms with van der Waals surface area (Å²) in [6.45, 7) is 1.18. The smallest absolute Gasteiger partial charge is 0.241 e. The molecule has 4 aromatic carbocycles. The molecule has 2 atom stereocenters. The van der Waals surface area contributed by atoms with Gasteiger partial charge in [-0.25, -0.2) is 0 Å². The van der Waals surface area contributed by atoms with Crippen LogP contribution in [0.4, 0.5) is 5.69 Å². The van der Waals surface area contributed by atoms with Gasteiger partial charge in [0.15, 0.2) is 5.62 Å². The Bertz CT molecular complexity index is 1290. The van der Waals surface area contributed by atoms with E-state index in [1.54, 1.807) is 24.3 Å². The van der Waals surface area contributed by atoms with E-state index in [0.717, 1.165) is 35.3 Å². The topological polar surface area (TPSA) is 81.7 Å². The van der Waals surface area contributed by atoms with Gasteiger partial charge in [-0.3, -0.25) is 19.8 Å². The first-order valence-electron chi connectivity index (χ1n) is 13.5. The number of phenols is 1. The molecule has 1 unspecified atom stereocenters. The van der Waals surface area contributed by atoms with Crippen LogP contribution in [0.2, 0.25) is 0 Å². The van der Waals surface area contributed by atoms with Crippen molar-refractivity contribution in [2.24, 2.45) is 0 Å². The van der Waals surface area contributed by atoms with Crippen LogP contribution in [0.3, 0.4) is 0 Å². The first kappa shape index (κ1) is 27.6. The van der Waals surface area contributed by atoms with Crippen molar-refractivity contribution in [3.05, 3.63) is 132 Å². The van der Waals surface area contributed by atoms with Crippen LogP contribution >= 0.6 is 11.8 Å². The van der Waals surface area contributed by atoms with Crippen molar-refractivity contribution in [1.82, 2.24) is 10.2 Å². The second-order valence-corrected chi connectivity index (χ2v) is 10.9. The Balaban J connectivity index is 1.46. The van der Waals surface area contributed by atoms with Crippen LogP contribution in [-0.4, -0.2) is 46.0 Å². The van der Waals surface area contributed by atoms with Crippen LogP contribution in [0, 0.1) is 0 Å². The van der Waals surface area contributed by atoms with Crippen LogP contribution in [0.15, 0.2) is 115 Å². The molecule has 0 radical (unpaired) electrons. The van der Waals surface area contributed by atoms with E-state index in [1.165, 1.54) is 11.8 Å². The number of hydrogen-bond donors (Lipinski definition) is 3. The average molecular weight is 552 g/mol. The van der Waals surface area contributed by atoms with E-state index in [2.05, 4.69) is 51.9 Å². The maximum absolute atomic E-state index is 13.4. The van der Waals surface area contributed by atoms with Gasteiger partial charge in [0.25, 0.3) is 0 Å². The summed E-state index contributed by atoms with van der Waals surface area (Å²) in [6.07, 6.45) is 1.58. The number of benzene rings is 4. The average Bonchev–Trinajstić information content (AvgIpc) is 3.50. The summed E-state index contributed by atoms with van der Waals surface area (Å²) in [4.78, 5) is 27.4. The number of rotatable bonds is 11. The number of likely N-dealkylation sites (tertiary alicyclic amines) is 1. The fourth-order valence-electron chi connectivity index (χ4n) is 5.60. The normalized spacial score (nSPS) is 16.4. The summed E-state index contributed by atoms with van der Waals surface area (Å²) in [5.41, 5.74) is 4.09. The number of anilines is 1. The molecule has 3 N–H and O–H groups in total. The number of aromatic hydroxyl groups is 1. The van der Waals surface area contributed by atoms with Crippen molar-refractivity contribution in [3.8, 4) is 5.75 Å². The minimum atomic E-state index is -0.672. The molecular formula is C33H33N3O3S. The van der Waals surface area contributed by atoms with Crippen molar-refractivity contribution >= 4 is 29.0 Å². The molecule has 1 fully saturated rings. The fraction of sp³-hybridized carbons (Fsp3) is 0.212. The van der Waals surface area contributed by atoms with Gasteiger partial charge >= 0.3 is 0 Å². The van der Waals surface area contributed by atoms with Crippen molar-refractivity contribution in [2.75, 3.05) is 18.4 Å². The molecule has 1 aliphatic heterocycles. The van der Waals surface area contributed by atoms with E-state index in [9.17, 15) is 14.7 Å². The lowest BCUT2D eigenvalue weighted by molar-refractivity contribution is -0.120. The highest BCUT2D eigenvalue weighted by molar-refractivity contribution is 8.12. The largest absolute Gasteiger partial charge is 0.508 e. The molecule has 0 bridgehead atoms. The maximum Gasteiger partial charge on any atom is 0.241 e. The lowest BCUT2D eigenvalue weighted by Gasteiger charge is -2.40. The van der Waals surface area contributed by atoms with Crippen LogP contribution in [0.25, 0.3) is 0 Å². The molecule has 0 aromatic heterocycles. The molecule has 7 heteroatoms. The number of nitrogens with one attached hydrogen (secondary N) is 2. The molecule has 4 aromatic rings. The summed E-state index contributed by atoms with van der Waals surface area (Å²) >= 11 is 1.20. The molecule has 40 heavy (non-hydrogen) atoms. The fourth-order valence-corrected chi connectivity index (χ4v) is 6.32. The van der Waals surface area contributed by atoms with Gasteiger partial charge in [0.05, 0.1) is 17.0 Å². The molecule has 0 spiro atoms. The standard InChI is InChI=1S/C33H33N3O3S/c37-24-40-31(36-22-10-17-30(36)32(39)35-28-18-20-29(38)21-19-28)23-34-33(25-11-4-1-5-12-25,26-13-6-2-7-14-26)27-15-8-3-9-16-27/h1-9,11-16,18-21,24,30-31,34,38H,10,17,22-23H2,(H,35,39)/t30-,31?/m0/s1. The van der Waals surface area contributed by atoms with E-state index < -0.39 is 5.54 Å². The van der Waals surface area contributed by atoms with E-state index in [0.29, 0.717) is 18.7 Å². The zero-order chi connectivity index (χ0) is 27.8. The van der Waals surface area contributed by atoms with Crippen molar-refractivity contribution < 1.29 is 14.7 Å². The van der Waals surface area contributed by atoms with Crippen LogP contribution < -0.4 is 10.6 Å². The van der Waals surface area contributed by atoms with Gasteiger partial charge < -0.3 is 10.4 Å². The van der Waals surface area contributed by atoms with Gasteiger partial charge in [-0.05, 0) is 53.8 Å².